The molecule has 0 aliphatic carbocycles. The van der Waals surface area contributed by atoms with Crippen molar-refractivity contribution in [2.45, 2.75) is 66.5 Å². The molecule has 2 unspecified atom stereocenters. The predicted molar refractivity (Wildman–Crippen MR) is 80.4 cm³/mol. The van der Waals surface area contributed by atoms with Gasteiger partial charge in [0.15, 0.2) is 0 Å². The fourth-order valence-electron chi connectivity index (χ4n) is 1.69. The van der Waals surface area contributed by atoms with Crippen LogP contribution in [0.4, 0.5) is 4.79 Å². The Hall–Kier alpha value is -0.770. The van der Waals surface area contributed by atoms with E-state index >= 15 is 0 Å². The Bertz CT molecular complexity index is 261. The molecule has 0 fully saturated rings. The van der Waals surface area contributed by atoms with Crippen LogP contribution in [-0.4, -0.2) is 42.3 Å². The van der Waals surface area contributed by atoms with Gasteiger partial charge in [-0.15, -0.1) is 0 Å². The van der Waals surface area contributed by atoms with Crippen molar-refractivity contribution < 1.29 is 9.53 Å². The summed E-state index contributed by atoms with van der Waals surface area (Å²) in [5, 5.41) is 3.47. The van der Waals surface area contributed by atoms with Crippen molar-refractivity contribution in [1.82, 2.24) is 10.2 Å². The Morgan fingerprint density at radius 1 is 1.26 bits per heavy atom. The van der Waals surface area contributed by atoms with Gasteiger partial charge in [0.25, 0.3) is 0 Å². The molecular weight excluding hydrogens is 240 g/mol. The number of carbonyl (C=O) groups is 1. The van der Waals surface area contributed by atoms with E-state index in [1.54, 1.807) is 4.90 Å². The second-order valence-corrected chi connectivity index (χ2v) is 6.19. The lowest BCUT2D eigenvalue weighted by Crippen LogP contribution is -2.42. The van der Waals surface area contributed by atoms with Crippen molar-refractivity contribution in [1.29, 1.82) is 0 Å². The van der Waals surface area contributed by atoms with Crippen LogP contribution < -0.4 is 5.32 Å². The van der Waals surface area contributed by atoms with Crippen LogP contribution in [0.15, 0.2) is 0 Å². The molecule has 1 amide bonds. The second kappa shape index (κ2) is 8.41. The zero-order chi connectivity index (χ0) is 15.1. The third-order valence-electron chi connectivity index (χ3n) is 3.38. The van der Waals surface area contributed by atoms with Crippen molar-refractivity contribution in [3.8, 4) is 0 Å². The highest BCUT2D eigenvalue weighted by Gasteiger charge is 2.21. The lowest BCUT2D eigenvalue weighted by Gasteiger charge is -2.27. The fraction of sp³-hybridized carbons (Fsp3) is 0.933. The molecule has 0 aromatic carbocycles. The molecule has 19 heavy (non-hydrogen) atoms. The monoisotopic (exact) mass is 272 g/mol. The minimum Gasteiger partial charge on any atom is -0.444 e. The summed E-state index contributed by atoms with van der Waals surface area (Å²) in [6.45, 7) is 16.4. The molecule has 0 heterocycles. The largest absolute Gasteiger partial charge is 0.444 e. The molecular formula is C15H32N2O2. The fourth-order valence-corrected chi connectivity index (χ4v) is 1.69. The van der Waals surface area contributed by atoms with Crippen LogP contribution in [0.1, 0.15) is 54.9 Å². The SMILES string of the molecule is CCC(C)C(C)NCCN(CC)C(=O)OC(C)(C)C. The van der Waals surface area contributed by atoms with Gasteiger partial charge in [0.05, 0.1) is 0 Å². The highest BCUT2D eigenvalue weighted by molar-refractivity contribution is 5.68. The molecule has 0 spiro atoms. The molecule has 0 bridgehead atoms. The van der Waals surface area contributed by atoms with E-state index in [0.29, 0.717) is 25.0 Å². The maximum Gasteiger partial charge on any atom is 0.410 e. The molecule has 0 radical (unpaired) electrons. The van der Waals surface area contributed by atoms with Crippen molar-refractivity contribution >= 4 is 6.09 Å². The number of hydrogen-bond donors (Lipinski definition) is 1. The van der Waals surface area contributed by atoms with E-state index in [1.807, 2.05) is 27.7 Å². The lowest BCUT2D eigenvalue weighted by atomic mass is 10.0. The minimum absolute atomic E-state index is 0.229. The van der Waals surface area contributed by atoms with Gasteiger partial charge in [-0.3, -0.25) is 0 Å². The molecule has 4 heteroatoms. The van der Waals surface area contributed by atoms with E-state index < -0.39 is 5.60 Å². The van der Waals surface area contributed by atoms with Crippen LogP contribution in [-0.2, 0) is 4.74 Å². The Morgan fingerprint density at radius 2 is 1.84 bits per heavy atom. The maximum absolute atomic E-state index is 11.9. The smallest absolute Gasteiger partial charge is 0.410 e. The first kappa shape index (κ1) is 18.2. The average molecular weight is 272 g/mol. The van der Waals surface area contributed by atoms with E-state index in [9.17, 15) is 4.79 Å². The first-order chi connectivity index (χ1) is 8.71. The Labute approximate surface area is 118 Å². The normalized spacial score (nSPS) is 14.9. The van der Waals surface area contributed by atoms with Crippen molar-refractivity contribution in [3.63, 3.8) is 0 Å². The number of ether oxygens (including phenoxy) is 1. The zero-order valence-corrected chi connectivity index (χ0v) is 13.7. The van der Waals surface area contributed by atoms with Gasteiger partial charge in [0.2, 0.25) is 0 Å². The van der Waals surface area contributed by atoms with E-state index in [0.717, 1.165) is 13.0 Å². The summed E-state index contributed by atoms with van der Waals surface area (Å²) in [6.07, 6.45) is 0.936. The van der Waals surface area contributed by atoms with Gasteiger partial charge in [-0.25, -0.2) is 4.79 Å². The Morgan fingerprint density at radius 3 is 2.26 bits per heavy atom. The van der Waals surface area contributed by atoms with E-state index in [-0.39, 0.29) is 6.09 Å². The number of likely N-dealkylation sites (N-methyl/N-ethyl adjacent to an activating group) is 1. The quantitative estimate of drug-likeness (QED) is 0.773. The van der Waals surface area contributed by atoms with Crippen LogP contribution in [0.25, 0.3) is 0 Å². The average Bonchev–Trinajstić information content (AvgIpc) is 2.30. The summed E-state index contributed by atoms with van der Waals surface area (Å²) in [4.78, 5) is 13.7. The van der Waals surface area contributed by atoms with E-state index in [1.165, 1.54) is 0 Å². The van der Waals surface area contributed by atoms with Gasteiger partial charge in [0.1, 0.15) is 5.60 Å². The highest BCUT2D eigenvalue weighted by atomic mass is 16.6. The number of nitrogens with zero attached hydrogens (tertiary/aromatic N) is 1. The Balaban J connectivity index is 4.10. The molecule has 0 aliphatic heterocycles. The van der Waals surface area contributed by atoms with Gasteiger partial charge in [0, 0.05) is 25.7 Å². The molecule has 0 saturated carbocycles. The van der Waals surface area contributed by atoms with Gasteiger partial charge in [-0.1, -0.05) is 20.3 Å². The molecule has 0 aromatic heterocycles. The number of amides is 1. The summed E-state index contributed by atoms with van der Waals surface area (Å²) in [6, 6.07) is 0.474. The zero-order valence-electron chi connectivity index (χ0n) is 13.7. The van der Waals surface area contributed by atoms with Crippen LogP contribution in [0.3, 0.4) is 0 Å². The van der Waals surface area contributed by atoms with Crippen LogP contribution in [0, 0.1) is 5.92 Å². The molecule has 0 aromatic rings. The molecule has 0 saturated heterocycles. The van der Waals surface area contributed by atoms with Crippen LogP contribution in [0.2, 0.25) is 0 Å². The standard InChI is InChI=1S/C15H32N2O2/c1-8-12(3)13(4)16-10-11-17(9-2)14(18)19-15(5,6)7/h12-13,16H,8-11H2,1-7H3. The van der Waals surface area contributed by atoms with E-state index in [2.05, 4.69) is 26.1 Å². The number of hydrogen-bond acceptors (Lipinski definition) is 3. The lowest BCUT2D eigenvalue weighted by molar-refractivity contribution is 0.0260. The molecule has 1 N–H and O–H groups in total. The van der Waals surface area contributed by atoms with Gasteiger partial charge in [-0.05, 0) is 40.5 Å². The third-order valence-corrected chi connectivity index (χ3v) is 3.38. The van der Waals surface area contributed by atoms with Gasteiger partial charge < -0.3 is 15.0 Å². The van der Waals surface area contributed by atoms with E-state index in [4.69, 9.17) is 4.74 Å². The van der Waals surface area contributed by atoms with Crippen LogP contribution in [0.5, 0.6) is 0 Å². The molecule has 0 aliphatic rings. The van der Waals surface area contributed by atoms with Crippen molar-refractivity contribution in [2.75, 3.05) is 19.6 Å². The first-order valence-corrected chi connectivity index (χ1v) is 7.42. The van der Waals surface area contributed by atoms with Gasteiger partial charge >= 0.3 is 6.09 Å². The summed E-state index contributed by atoms with van der Waals surface area (Å²) >= 11 is 0. The predicted octanol–water partition coefficient (Wildman–Crippen LogP) is 3.27. The number of rotatable bonds is 7. The molecule has 2 atom stereocenters. The van der Waals surface area contributed by atoms with Crippen molar-refractivity contribution in [3.05, 3.63) is 0 Å². The topological polar surface area (TPSA) is 41.6 Å². The third kappa shape index (κ3) is 8.09. The summed E-state index contributed by atoms with van der Waals surface area (Å²) in [7, 11) is 0. The summed E-state index contributed by atoms with van der Waals surface area (Å²) in [5.41, 5.74) is -0.429. The highest BCUT2D eigenvalue weighted by Crippen LogP contribution is 2.10. The van der Waals surface area contributed by atoms with Gasteiger partial charge in [-0.2, -0.15) is 0 Å². The number of carbonyl (C=O) groups excluding carboxylic acids is 1. The number of nitrogens with one attached hydrogen (secondary N) is 1. The van der Waals surface area contributed by atoms with Crippen LogP contribution >= 0.6 is 0 Å². The maximum atomic E-state index is 11.9. The van der Waals surface area contributed by atoms with Crippen molar-refractivity contribution in [2.24, 2.45) is 5.92 Å². The molecule has 4 nitrogen and oxygen atoms in total. The molecule has 0 rings (SSSR count). The summed E-state index contributed by atoms with van der Waals surface area (Å²) in [5.74, 6) is 0.650. The second-order valence-electron chi connectivity index (χ2n) is 6.19. The minimum atomic E-state index is -0.429. The first-order valence-electron chi connectivity index (χ1n) is 7.42. The molecule has 114 valence electrons. The summed E-state index contributed by atoms with van der Waals surface area (Å²) < 4.78 is 5.38. The Kier molecular flexibility index (Phi) is 8.07.